The fourth-order valence-corrected chi connectivity index (χ4v) is 4.30. The molecule has 1 fully saturated rings. The third-order valence-electron chi connectivity index (χ3n) is 5.86. The summed E-state index contributed by atoms with van der Waals surface area (Å²) < 4.78 is 0. The third kappa shape index (κ3) is 3.67. The van der Waals surface area contributed by atoms with Crippen LogP contribution in [0.4, 0.5) is 5.69 Å². The van der Waals surface area contributed by atoms with Crippen LogP contribution in [0, 0.1) is 13.8 Å². The van der Waals surface area contributed by atoms with E-state index in [-0.39, 0.29) is 17.9 Å². The number of aryl methyl sites for hydroxylation is 2. The van der Waals surface area contributed by atoms with E-state index in [1.807, 2.05) is 38.1 Å². The molecule has 2 aliphatic rings. The maximum absolute atomic E-state index is 13.2. The highest BCUT2D eigenvalue weighted by Gasteiger charge is 2.38. The molecular weight excluding hydrogens is 350 g/mol. The minimum Gasteiger partial charge on any atom is -0.329 e. The molecule has 2 aromatic carbocycles. The highest BCUT2D eigenvalue weighted by Crippen LogP contribution is 2.24. The Morgan fingerprint density at radius 1 is 1.11 bits per heavy atom. The van der Waals surface area contributed by atoms with Crippen molar-refractivity contribution in [3.05, 3.63) is 64.7 Å². The van der Waals surface area contributed by atoms with Crippen molar-refractivity contribution in [2.24, 2.45) is 0 Å². The van der Waals surface area contributed by atoms with Crippen molar-refractivity contribution < 1.29 is 9.59 Å². The van der Waals surface area contributed by atoms with Crippen molar-refractivity contribution in [3.63, 3.8) is 0 Å². The number of nitrogens with one attached hydrogen (secondary N) is 2. The molecule has 5 heteroatoms. The highest BCUT2D eigenvalue weighted by atomic mass is 16.2. The number of anilines is 1. The monoisotopic (exact) mass is 377 g/mol. The van der Waals surface area contributed by atoms with Gasteiger partial charge in [0.15, 0.2) is 0 Å². The molecule has 0 spiro atoms. The van der Waals surface area contributed by atoms with Crippen molar-refractivity contribution in [1.29, 1.82) is 0 Å². The SMILES string of the molecule is Cc1ccc(NC(=O)[C@@H]2CCCN2C(=O)[C@H]2Cc3ccccc3CN2)c(C)c1. The number of benzene rings is 2. The summed E-state index contributed by atoms with van der Waals surface area (Å²) in [6.45, 7) is 5.36. The van der Waals surface area contributed by atoms with Crippen molar-refractivity contribution >= 4 is 17.5 Å². The molecule has 4 rings (SSSR count). The molecule has 2 N–H and O–H groups in total. The molecule has 2 heterocycles. The maximum Gasteiger partial charge on any atom is 0.247 e. The van der Waals surface area contributed by atoms with Crippen LogP contribution in [-0.2, 0) is 22.6 Å². The molecule has 2 aliphatic heterocycles. The Kier molecular flexibility index (Phi) is 5.18. The first-order valence-corrected chi connectivity index (χ1v) is 10.0. The maximum atomic E-state index is 13.2. The average Bonchev–Trinajstić information content (AvgIpc) is 3.19. The Morgan fingerprint density at radius 3 is 2.68 bits per heavy atom. The molecule has 1 saturated heterocycles. The smallest absolute Gasteiger partial charge is 0.247 e. The van der Waals surface area contributed by atoms with Gasteiger partial charge in [-0.05, 0) is 55.9 Å². The second kappa shape index (κ2) is 7.76. The van der Waals surface area contributed by atoms with Gasteiger partial charge in [0.1, 0.15) is 6.04 Å². The zero-order valence-electron chi connectivity index (χ0n) is 16.5. The van der Waals surface area contributed by atoms with Crippen LogP contribution in [0.15, 0.2) is 42.5 Å². The molecule has 0 aromatic heterocycles. The molecule has 2 amide bonds. The van der Waals surface area contributed by atoms with Gasteiger partial charge in [-0.15, -0.1) is 0 Å². The Hall–Kier alpha value is -2.66. The normalized spacial score (nSPS) is 21.3. The number of rotatable bonds is 3. The Bertz CT molecular complexity index is 908. The van der Waals surface area contributed by atoms with Crippen LogP contribution in [0.1, 0.15) is 35.1 Å². The predicted octanol–water partition coefficient (Wildman–Crippen LogP) is 2.95. The van der Waals surface area contributed by atoms with Gasteiger partial charge >= 0.3 is 0 Å². The fourth-order valence-electron chi connectivity index (χ4n) is 4.30. The molecule has 2 atom stereocenters. The number of carbonyl (C=O) groups is 2. The van der Waals surface area contributed by atoms with Gasteiger partial charge in [-0.3, -0.25) is 9.59 Å². The average molecular weight is 377 g/mol. The highest BCUT2D eigenvalue weighted by molar-refractivity contribution is 5.98. The van der Waals surface area contributed by atoms with Crippen LogP contribution in [0.25, 0.3) is 0 Å². The first-order valence-electron chi connectivity index (χ1n) is 10.0. The molecular formula is C23H27N3O2. The number of fused-ring (bicyclic) bond motifs is 1. The van der Waals surface area contributed by atoms with E-state index >= 15 is 0 Å². The van der Waals surface area contributed by atoms with E-state index in [4.69, 9.17) is 0 Å². The molecule has 2 aromatic rings. The van der Waals surface area contributed by atoms with E-state index in [9.17, 15) is 9.59 Å². The van der Waals surface area contributed by atoms with Crippen LogP contribution in [0.3, 0.4) is 0 Å². The number of hydrogen-bond acceptors (Lipinski definition) is 3. The van der Waals surface area contributed by atoms with Crippen molar-refractivity contribution in [3.8, 4) is 0 Å². The number of hydrogen-bond donors (Lipinski definition) is 2. The minimum absolute atomic E-state index is 0.0350. The lowest BCUT2D eigenvalue weighted by Crippen LogP contribution is -2.53. The van der Waals surface area contributed by atoms with Gasteiger partial charge in [0.25, 0.3) is 0 Å². The van der Waals surface area contributed by atoms with Gasteiger partial charge in [-0.2, -0.15) is 0 Å². The van der Waals surface area contributed by atoms with Crippen molar-refractivity contribution in [1.82, 2.24) is 10.2 Å². The first-order chi connectivity index (χ1) is 13.5. The fraction of sp³-hybridized carbons (Fsp3) is 0.391. The standard InChI is InChI=1S/C23H27N3O2/c1-15-9-10-19(16(2)12-15)25-22(27)21-8-5-11-26(21)23(28)20-13-17-6-3-4-7-18(17)14-24-20/h3-4,6-7,9-10,12,20-21,24H,5,8,11,13-14H2,1-2H3,(H,25,27)/t20-,21+/m1/s1. The number of likely N-dealkylation sites (tertiary alicyclic amines) is 1. The summed E-state index contributed by atoms with van der Waals surface area (Å²) in [5.41, 5.74) is 5.48. The van der Waals surface area contributed by atoms with Crippen LogP contribution in [-0.4, -0.2) is 35.3 Å². The Morgan fingerprint density at radius 2 is 1.89 bits per heavy atom. The topological polar surface area (TPSA) is 61.4 Å². The molecule has 28 heavy (non-hydrogen) atoms. The van der Waals surface area contributed by atoms with Gasteiger partial charge in [0.05, 0.1) is 6.04 Å². The van der Waals surface area contributed by atoms with Gasteiger partial charge in [0.2, 0.25) is 11.8 Å². The quantitative estimate of drug-likeness (QED) is 0.865. The summed E-state index contributed by atoms with van der Waals surface area (Å²) in [6.07, 6.45) is 2.25. The van der Waals surface area contributed by atoms with Crippen LogP contribution < -0.4 is 10.6 Å². The minimum atomic E-state index is -0.396. The summed E-state index contributed by atoms with van der Waals surface area (Å²) in [5.74, 6) is -0.0539. The molecule has 0 radical (unpaired) electrons. The van der Waals surface area contributed by atoms with E-state index in [1.54, 1.807) is 4.90 Å². The Balaban J connectivity index is 1.46. The van der Waals surface area contributed by atoms with E-state index in [0.29, 0.717) is 25.9 Å². The zero-order valence-corrected chi connectivity index (χ0v) is 16.5. The molecule has 146 valence electrons. The van der Waals surface area contributed by atoms with E-state index < -0.39 is 6.04 Å². The number of amides is 2. The second-order valence-electron chi connectivity index (χ2n) is 7.90. The van der Waals surface area contributed by atoms with E-state index in [2.05, 4.69) is 28.8 Å². The van der Waals surface area contributed by atoms with Crippen molar-refractivity contribution in [2.75, 3.05) is 11.9 Å². The number of nitrogens with zero attached hydrogens (tertiary/aromatic N) is 1. The van der Waals surface area contributed by atoms with Gasteiger partial charge in [0, 0.05) is 18.8 Å². The summed E-state index contributed by atoms with van der Waals surface area (Å²) in [4.78, 5) is 27.9. The predicted molar refractivity (Wildman–Crippen MR) is 110 cm³/mol. The summed E-state index contributed by atoms with van der Waals surface area (Å²) in [6, 6.07) is 13.5. The van der Waals surface area contributed by atoms with Crippen molar-refractivity contribution in [2.45, 2.75) is 51.7 Å². The van der Waals surface area contributed by atoms with Gasteiger partial charge < -0.3 is 15.5 Å². The lowest BCUT2D eigenvalue weighted by Gasteiger charge is -2.31. The largest absolute Gasteiger partial charge is 0.329 e. The molecule has 0 aliphatic carbocycles. The van der Waals surface area contributed by atoms with Gasteiger partial charge in [-0.1, -0.05) is 42.0 Å². The molecule has 5 nitrogen and oxygen atoms in total. The van der Waals surface area contributed by atoms with Gasteiger partial charge in [-0.25, -0.2) is 0 Å². The summed E-state index contributed by atoms with van der Waals surface area (Å²) in [7, 11) is 0. The zero-order chi connectivity index (χ0) is 19.7. The summed E-state index contributed by atoms with van der Waals surface area (Å²) in [5, 5.41) is 6.38. The summed E-state index contributed by atoms with van der Waals surface area (Å²) >= 11 is 0. The van der Waals surface area contributed by atoms with E-state index in [1.165, 1.54) is 11.1 Å². The Labute approximate surface area is 166 Å². The molecule has 0 bridgehead atoms. The third-order valence-corrected chi connectivity index (χ3v) is 5.86. The molecule has 0 unspecified atom stereocenters. The van der Waals surface area contributed by atoms with Crippen LogP contribution in [0.5, 0.6) is 0 Å². The van der Waals surface area contributed by atoms with Crippen LogP contribution in [0.2, 0.25) is 0 Å². The lowest BCUT2D eigenvalue weighted by molar-refractivity contribution is -0.138. The second-order valence-corrected chi connectivity index (χ2v) is 7.90. The first kappa shape index (κ1) is 18.7. The lowest BCUT2D eigenvalue weighted by atomic mass is 9.95. The molecule has 0 saturated carbocycles. The van der Waals surface area contributed by atoms with E-state index in [0.717, 1.165) is 23.2 Å². The number of carbonyl (C=O) groups excluding carboxylic acids is 2. The van der Waals surface area contributed by atoms with Crippen LogP contribution >= 0.6 is 0 Å².